The first-order valence-electron chi connectivity index (χ1n) is 9.02. The van der Waals surface area contributed by atoms with Crippen molar-refractivity contribution in [3.8, 4) is 0 Å². The number of pyridine rings is 1. The second-order valence-electron chi connectivity index (χ2n) is 6.93. The van der Waals surface area contributed by atoms with E-state index in [1.165, 1.54) is 22.5 Å². The molecular formula is C21H19ClN3S+. The van der Waals surface area contributed by atoms with Crippen molar-refractivity contribution in [2.45, 2.75) is 25.4 Å². The predicted octanol–water partition coefficient (Wildman–Crippen LogP) is 4.42. The van der Waals surface area contributed by atoms with Gasteiger partial charge in [-0.25, -0.2) is 9.97 Å². The van der Waals surface area contributed by atoms with E-state index in [4.69, 9.17) is 16.6 Å². The molecule has 4 aromatic rings. The largest absolute Gasteiger partial charge is 0.323 e. The number of likely N-dealkylation sites (tertiary alicyclic amines) is 1. The predicted molar refractivity (Wildman–Crippen MR) is 108 cm³/mol. The molecule has 130 valence electrons. The van der Waals surface area contributed by atoms with Crippen LogP contribution in [0.2, 0.25) is 5.15 Å². The molecule has 2 atom stereocenters. The number of nitrogens with one attached hydrogen (secondary N) is 1. The van der Waals surface area contributed by atoms with E-state index in [0.29, 0.717) is 11.2 Å². The zero-order valence-electron chi connectivity index (χ0n) is 14.3. The van der Waals surface area contributed by atoms with Crippen LogP contribution in [-0.2, 0) is 6.54 Å². The van der Waals surface area contributed by atoms with Crippen molar-refractivity contribution in [1.29, 1.82) is 0 Å². The Bertz CT molecular complexity index is 1060. The number of benzene rings is 2. The summed E-state index contributed by atoms with van der Waals surface area (Å²) in [5, 5.41) is 3.04. The fraction of sp³-hybridized carbons (Fsp3) is 0.238. The lowest BCUT2D eigenvalue weighted by Gasteiger charge is -2.20. The highest BCUT2D eigenvalue weighted by Gasteiger charge is 2.33. The zero-order valence-corrected chi connectivity index (χ0v) is 15.9. The third-order valence-corrected chi connectivity index (χ3v) is 6.74. The van der Waals surface area contributed by atoms with Crippen LogP contribution in [0.15, 0.2) is 54.6 Å². The van der Waals surface area contributed by atoms with Gasteiger partial charge in [0.05, 0.1) is 22.3 Å². The van der Waals surface area contributed by atoms with Crippen molar-refractivity contribution >= 4 is 44.1 Å². The van der Waals surface area contributed by atoms with Crippen LogP contribution in [0.4, 0.5) is 0 Å². The van der Waals surface area contributed by atoms with E-state index < -0.39 is 0 Å². The SMILES string of the molecule is Clc1nc2ccccc2cc1C[NH+]1CCC[C@H]1c1nc2ccccc2s1. The fourth-order valence-corrected chi connectivity index (χ4v) is 5.34. The molecule has 2 aromatic heterocycles. The molecule has 3 heterocycles. The normalized spacial score (nSPS) is 20.2. The van der Waals surface area contributed by atoms with Gasteiger partial charge in [-0.15, -0.1) is 11.3 Å². The molecule has 1 fully saturated rings. The number of nitrogens with zero attached hydrogens (tertiary/aromatic N) is 2. The number of para-hydroxylation sites is 2. The van der Waals surface area contributed by atoms with Crippen LogP contribution in [0.3, 0.4) is 0 Å². The minimum absolute atomic E-state index is 0.454. The average Bonchev–Trinajstić information content (AvgIpc) is 3.28. The van der Waals surface area contributed by atoms with Crippen LogP contribution in [0, 0.1) is 0 Å². The number of halogens is 1. The molecule has 5 heteroatoms. The van der Waals surface area contributed by atoms with E-state index in [-0.39, 0.29) is 0 Å². The number of fused-ring (bicyclic) bond motifs is 2. The highest BCUT2D eigenvalue weighted by atomic mass is 35.5. The smallest absolute Gasteiger partial charge is 0.151 e. The van der Waals surface area contributed by atoms with Gasteiger partial charge < -0.3 is 4.90 Å². The highest BCUT2D eigenvalue weighted by Crippen LogP contribution is 2.29. The van der Waals surface area contributed by atoms with Crippen LogP contribution in [0.5, 0.6) is 0 Å². The highest BCUT2D eigenvalue weighted by molar-refractivity contribution is 7.18. The Hall–Kier alpha value is -2.01. The summed E-state index contributed by atoms with van der Waals surface area (Å²) >= 11 is 8.34. The van der Waals surface area contributed by atoms with Gasteiger partial charge in [0.25, 0.3) is 0 Å². The van der Waals surface area contributed by atoms with Gasteiger partial charge in [-0.2, -0.15) is 0 Å². The van der Waals surface area contributed by atoms with Crippen molar-refractivity contribution in [2.75, 3.05) is 6.54 Å². The van der Waals surface area contributed by atoms with Gasteiger partial charge in [0.2, 0.25) is 0 Å². The van der Waals surface area contributed by atoms with Gasteiger partial charge in [0.1, 0.15) is 17.7 Å². The topological polar surface area (TPSA) is 30.2 Å². The van der Waals surface area contributed by atoms with Crippen molar-refractivity contribution in [3.05, 3.63) is 70.3 Å². The summed E-state index contributed by atoms with van der Waals surface area (Å²) in [7, 11) is 0. The van der Waals surface area contributed by atoms with Crippen molar-refractivity contribution < 1.29 is 4.90 Å². The third kappa shape index (κ3) is 2.88. The van der Waals surface area contributed by atoms with Crippen LogP contribution >= 0.6 is 22.9 Å². The summed E-state index contributed by atoms with van der Waals surface area (Å²) < 4.78 is 1.28. The number of rotatable bonds is 3. The number of thiazole rings is 1. The molecule has 5 rings (SSSR count). The summed E-state index contributed by atoms with van der Waals surface area (Å²) in [5.41, 5.74) is 3.21. The van der Waals surface area contributed by atoms with Crippen LogP contribution < -0.4 is 4.90 Å². The zero-order chi connectivity index (χ0) is 17.5. The molecule has 1 aliphatic rings. The van der Waals surface area contributed by atoms with Gasteiger partial charge in [0.15, 0.2) is 5.01 Å². The van der Waals surface area contributed by atoms with Gasteiger partial charge >= 0.3 is 0 Å². The lowest BCUT2D eigenvalue weighted by molar-refractivity contribution is -0.932. The summed E-state index contributed by atoms with van der Waals surface area (Å²) in [6.45, 7) is 2.06. The van der Waals surface area contributed by atoms with E-state index in [1.54, 1.807) is 4.90 Å². The van der Waals surface area contributed by atoms with E-state index in [1.807, 2.05) is 29.5 Å². The van der Waals surface area contributed by atoms with Gasteiger partial charge in [-0.1, -0.05) is 41.9 Å². The molecular weight excluding hydrogens is 362 g/mol. The molecule has 1 N–H and O–H groups in total. The lowest BCUT2D eigenvalue weighted by Crippen LogP contribution is -3.08. The summed E-state index contributed by atoms with van der Waals surface area (Å²) in [5.74, 6) is 0. The van der Waals surface area contributed by atoms with Gasteiger partial charge in [-0.05, 0) is 24.3 Å². The van der Waals surface area contributed by atoms with Gasteiger partial charge in [0, 0.05) is 23.8 Å². The lowest BCUT2D eigenvalue weighted by atomic mass is 10.1. The molecule has 1 aliphatic heterocycles. The third-order valence-electron chi connectivity index (χ3n) is 5.26. The van der Waals surface area contributed by atoms with E-state index in [2.05, 4.69) is 41.4 Å². The van der Waals surface area contributed by atoms with Crippen LogP contribution in [0.1, 0.15) is 29.5 Å². The second-order valence-corrected chi connectivity index (χ2v) is 8.35. The van der Waals surface area contributed by atoms with Crippen molar-refractivity contribution in [1.82, 2.24) is 9.97 Å². The monoisotopic (exact) mass is 380 g/mol. The first kappa shape index (κ1) is 16.2. The first-order chi connectivity index (χ1) is 12.8. The molecule has 0 spiro atoms. The van der Waals surface area contributed by atoms with Crippen LogP contribution in [0.25, 0.3) is 21.1 Å². The molecule has 2 aromatic carbocycles. The number of hydrogen-bond acceptors (Lipinski definition) is 3. The van der Waals surface area contributed by atoms with Crippen LogP contribution in [-0.4, -0.2) is 16.5 Å². The Morgan fingerprint density at radius 3 is 2.73 bits per heavy atom. The number of hydrogen-bond donors (Lipinski definition) is 1. The minimum atomic E-state index is 0.454. The molecule has 0 saturated carbocycles. The Kier molecular flexibility index (Phi) is 4.12. The van der Waals surface area contributed by atoms with E-state index in [0.717, 1.165) is 35.1 Å². The maximum atomic E-state index is 6.50. The summed E-state index contributed by atoms with van der Waals surface area (Å²) in [4.78, 5) is 11.0. The molecule has 0 radical (unpaired) electrons. The summed E-state index contributed by atoms with van der Waals surface area (Å²) in [6, 6.07) is 19.2. The number of aromatic nitrogens is 2. The van der Waals surface area contributed by atoms with Gasteiger partial charge in [-0.3, -0.25) is 0 Å². The first-order valence-corrected chi connectivity index (χ1v) is 10.2. The average molecular weight is 381 g/mol. The molecule has 26 heavy (non-hydrogen) atoms. The standard InChI is InChI=1S/C21H18ClN3S/c22-20-15(12-14-6-1-2-7-16(14)23-20)13-25-11-5-9-18(25)21-24-17-8-3-4-10-19(17)26-21/h1-4,6-8,10,12,18H,5,9,11,13H2/p+1/t18-/m0/s1. The maximum absolute atomic E-state index is 6.50. The Balaban J connectivity index is 1.46. The van der Waals surface area contributed by atoms with Crippen molar-refractivity contribution in [2.24, 2.45) is 0 Å². The summed E-state index contributed by atoms with van der Waals surface area (Å²) in [6.07, 6.45) is 2.42. The quantitative estimate of drug-likeness (QED) is 0.533. The molecule has 0 aliphatic carbocycles. The van der Waals surface area contributed by atoms with Crippen molar-refractivity contribution in [3.63, 3.8) is 0 Å². The second kappa shape index (κ2) is 6.62. The molecule has 3 nitrogen and oxygen atoms in total. The fourth-order valence-electron chi connectivity index (χ4n) is 3.97. The minimum Gasteiger partial charge on any atom is -0.323 e. The molecule has 1 unspecified atom stereocenters. The Morgan fingerprint density at radius 2 is 1.85 bits per heavy atom. The van der Waals surface area contributed by atoms with E-state index in [9.17, 15) is 0 Å². The van der Waals surface area contributed by atoms with E-state index >= 15 is 0 Å². The maximum Gasteiger partial charge on any atom is 0.151 e. The molecule has 1 saturated heterocycles. The Morgan fingerprint density at radius 1 is 1.04 bits per heavy atom. The number of quaternary nitrogens is 1. The molecule has 0 amide bonds. The molecule has 0 bridgehead atoms. The Labute approximate surface area is 161 Å².